The lowest BCUT2D eigenvalue weighted by atomic mass is 9.92. The molecule has 0 saturated carbocycles. The van der Waals surface area contributed by atoms with Crippen LogP contribution in [0.5, 0.6) is 0 Å². The first kappa shape index (κ1) is 23.0. The lowest BCUT2D eigenvalue weighted by Gasteiger charge is -2.13. The Bertz CT molecular complexity index is 1610. The number of carboxylic acid groups (broad SMARTS) is 1. The van der Waals surface area contributed by atoms with Crippen LogP contribution in [0.3, 0.4) is 0 Å². The highest BCUT2D eigenvalue weighted by Gasteiger charge is 2.18. The molecule has 0 fully saturated rings. The van der Waals surface area contributed by atoms with Crippen LogP contribution in [0.25, 0.3) is 39.1 Å². The van der Waals surface area contributed by atoms with Crippen molar-refractivity contribution in [3.8, 4) is 22.5 Å². The number of allylic oxidation sites excluding steroid dienone is 2. The Labute approximate surface area is 216 Å². The molecule has 1 aromatic heterocycles. The molecule has 4 heteroatoms. The molecule has 0 spiro atoms. The fourth-order valence-corrected chi connectivity index (χ4v) is 5.35. The van der Waals surface area contributed by atoms with E-state index in [0.717, 1.165) is 45.5 Å². The number of rotatable bonds is 6. The van der Waals surface area contributed by atoms with Gasteiger partial charge >= 0.3 is 5.97 Å². The van der Waals surface area contributed by atoms with Gasteiger partial charge < -0.3 is 9.67 Å². The third-order valence-corrected chi connectivity index (χ3v) is 7.24. The van der Waals surface area contributed by atoms with Crippen LogP contribution < -0.4 is 0 Å². The Kier molecular flexibility index (Phi) is 6.15. The smallest absolute Gasteiger partial charge is 0.336 e. The molecular formula is C33H28N2O2. The number of hydrogen-bond donors (Lipinski definition) is 1. The van der Waals surface area contributed by atoms with Crippen molar-refractivity contribution in [3.63, 3.8) is 0 Å². The number of carbonyl (C=O) groups is 1. The second-order valence-electron chi connectivity index (χ2n) is 9.58. The molecule has 1 aliphatic carbocycles. The Hall–Kier alpha value is -4.44. The molecule has 0 bridgehead atoms. The molecule has 1 N–H and O–H groups in total. The van der Waals surface area contributed by atoms with E-state index in [1.165, 1.54) is 30.4 Å². The summed E-state index contributed by atoms with van der Waals surface area (Å²) in [6.45, 7) is 0.416. The molecule has 1 heterocycles. The summed E-state index contributed by atoms with van der Waals surface area (Å²) in [5.41, 5.74) is 8.91. The summed E-state index contributed by atoms with van der Waals surface area (Å²) in [7, 11) is 0. The van der Waals surface area contributed by atoms with Crippen molar-refractivity contribution in [1.29, 1.82) is 0 Å². The first-order valence-corrected chi connectivity index (χ1v) is 12.8. The normalized spacial score (nSPS) is 13.5. The van der Waals surface area contributed by atoms with Crippen molar-refractivity contribution in [2.75, 3.05) is 0 Å². The van der Waals surface area contributed by atoms with Gasteiger partial charge in [0.2, 0.25) is 0 Å². The largest absolute Gasteiger partial charge is 0.478 e. The van der Waals surface area contributed by atoms with Gasteiger partial charge in [-0.3, -0.25) is 0 Å². The van der Waals surface area contributed by atoms with Crippen molar-refractivity contribution in [2.24, 2.45) is 0 Å². The topological polar surface area (TPSA) is 55.1 Å². The highest BCUT2D eigenvalue weighted by Crippen LogP contribution is 2.34. The van der Waals surface area contributed by atoms with Crippen LogP contribution in [0.15, 0.2) is 103 Å². The highest BCUT2D eigenvalue weighted by molar-refractivity contribution is 5.95. The quantitative estimate of drug-likeness (QED) is 0.265. The van der Waals surface area contributed by atoms with E-state index in [2.05, 4.69) is 53.1 Å². The molecule has 6 rings (SSSR count). The number of carboxylic acids is 1. The van der Waals surface area contributed by atoms with Crippen LogP contribution in [0.1, 0.15) is 47.2 Å². The zero-order valence-corrected chi connectivity index (χ0v) is 20.6. The Morgan fingerprint density at radius 2 is 1.54 bits per heavy atom. The first-order valence-electron chi connectivity index (χ1n) is 12.8. The third kappa shape index (κ3) is 4.47. The molecule has 37 heavy (non-hydrogen) atoms. The van der Waals surface area contributed by atoms with Gasteiger partial charge in [0.05, 0.1) is 23.1 Å². The van der Waals surface area contributed by atoms with E-state index >= 15 is 0 Å². The average molecular weight is 485 g/mol. The Morgan fingerprint density at radius 3 is 2.30 bits per heavy atom. The number of para-hydroxylation sites is 1. The van der Waals surface area contributed by atoms with Gasteiger partial charge in [0.25, 0.3) is 0 Å². The van der Waals surface area contributed by atoms with E-state index in [1.807, 2.05) is 42.5 Å². The van der Waals surface area contributed by atoms with Gasteiger partial charge in [-0.15, -0.1) is 0 Å². The van der Waals surface area contributed by atoms with E-state index in [1.54, 1.807) is 12.1 Å². The Morgan fingerprint density at radius 1 is 0.784 bits per heavy atom. The van der Waals surface area contributed by atoms with E-state index in [9.17, 15) is 9.90 Å². The summed E-state index contributed by atoms with van der Waals surface area (Å²) < 4.78 is 2.14. The van der Waals surface area contributed by atoms with E-state index in [-0.39, 0.29) is 0 Å². The standard InChI is InChI=1S/C33H28N2O2/c36-33(37)29-15-8-7-14-27(29)22-35-30-17-9-16-28(31(30)34-32(35)26-12-5-2-6-13-26)25-20-18-24(19-21-25)23-10-3-1-4-11-23/h2,5-10,12-21H,1,3-4,11,22H2,(H,36,37). The fourth-order valence-electron chi connectivity index (χ4n) is 5.35. The van der Waals surface area contributed by atoms with Crippen molar-refractivity contribution in [3.05, 3.63) is 120 Å². The molecule has 0 saturated heterocycles. The van der Waals surface area contributed by atoms with Crippen LogP contribution in [-0.4, -0.2) is 20.6 Å². The highest BCUT2D eigenvalue weighted by atomic mass is 16.4. The average Bonchev–Trinajstić information content (AvgIpc) is 3.33. The van der Waals surface area contributed by atoms with E-state index in [4.69, 9.17) is 4.98 Å². The van der Waals surface area contributed by atoms with Crippen LogP contribution in [0.2, 0.25) is 0 Å². The predicted molar refractivity (Wildman–Crippen MR) is 150 cm³/mol. The van der Waals surface area contributed by atoms with Gasteiger partial charge in [-0.1, -0.05) is 91.0 Å². The zero-order valence-electron chi connectivity index (χ0n) is 20.6. The number of hydrogen-bond acceptors (Lipinski definition) is 2. The number of aromatic carboxylic acids is 1. The third-order valence-electron chi connectivity index (χ3n) is 7.24. The summed E-state index contributed by atoms with van der Waals surface area (Å²) >= 11 is 0. The molecular weight excluding hydrogens is 456 g/mol. The maximum absolute atomic E-state index is 11.9. The summed E-state index contributed by atoms with van der Waals surface area (Å²) in [6, 6.07) is 32.4. The zero-order chi connectivity index (χ0) is 25.2. The lowest BCUT2D eigenvalue weighted by Crippen LogP contribution is -2.08. The first-order chi connectivity index (χ1) is 18.2. The van der Waals surface area contributed by atoms with Gasteiger partial charge in [0.1, 0.15) is 5.82 Å². The molecule has 5 aromatic rings. The molecule has 0 aliphatic heterocycles. The minimum absolute atomic E-state index is 0.312. The second-order valence-corrected chi connectivity index (χ2v) is 9.58. The SMILES string of the molecule is O=C(O)c1ccccc1Cn1c(-c2ccccc2)nc2c(-c3ccc(C4=CCCCC4)cc3)cccc21. The van der Waals surface area contributed by atoms with Crippen LogP contribution in [0.4, 0.5) is 0 Å². The molecule has 0 radical (unpaired) electrons. The lowest BCUT2D eigenvalue weighted by molar-refractivity contribution is 0.0695. The predicted octanol–water partition coefficient (Wildman–Crippen LogP) is 8.07. The number of nitrogens with zero attached hydrogens (tertiary/aromatic N) is 2. The van der Waals surface area contributed by atoms with E-state index in [0.29, 0.717) is 12.1 Å². The number of fused-ring (bicyclic) bond motifs is 1. The molecule has 1 aliphatic rings. The fraction of sp³-hybridized carbons (Fsp3) is 0.152. The molecule has 0 unspecified atom stereocenters. The maximum Gasteiger partial charge on any atom is 0.336 e. The summed E-state index contributed by atoms with van der Waals surface area (Å²) in [5, 5.41) is 9.77. The number of imidazole rings is 1. The monoisotopic (exact) mass is 484 g/mol. The minimum atomic E-state index is -0.921. The summed E-state index contributed by atoms with van der Waals surface area (Å²) in [6.07, 6.45) is 7.24. The van der Waals surface area contributed by atoms with Gasteiger partial charge in [-0.2, -0.15) is 0 Å². The van der Waals surface area contributed by atoms with Gasteiger partial charge in [0, 0.05) is 11.1 Å². The number of aromatic nitrogens is 2. The number of benzene rings is 4. The van der Waals surface area contributed by atoms with Crippen molar-refractivity contribution in [2.45, 2.75) is 32.2 Å². The molecule has 4 nitrogen and oxygen atoms in total. The Balaban J connectivity index is 1.49. The van der Waals surface area contributed by atoms with E-state index < -0.39 is 5.97 Å². The van der Waals surface area contributed by atoms with Crippen molar-refractivity contribution >= 4 is 22.6 Å². The van der Waals surface area contributed by atoms with Gasteiger partial charge in [0.15, 0.2) is 0 Å². The molecule has 0 amide bonds. The van der Waals surface area contributed by atoms with Crippen LogP contribution in [-0.2, 0) is 6.54 Å². The molecule has 4 aromatic carbocycles. The van der Waals surface area contributed by atoms with Crippen LogP contribution in [0, 0.1) is 0 Å². The molecule has 182 valence electrons. The van der Waals surface area contributed by atoms with Crippen LogP contribution >= 0.6 is 0 Å². The minimum Gasteiger partial charge on any atom is -0.478 e. The molecule has 0 atom stereocenters. The second kappa shape index (κ2) is 9.90. The summed E-state index contributed by atoms with van der Waals surface area (Å²) in [4.78, 5) is 17.1. The van der Waals surface area contributed by atoms with Gasteiger partial charge in [-0.25, -0.2) is 9.78 Å². The van der Waals surface area contributed by atoms with Crippen molar-refractivity contribution < 1.29 is 9.90 Å². The maximum atomic E-state index is 11.9. The van der Waals surface area contributed by atoms with Gasteiger partial charge in [-0.05, 0) is 60.1 Å². The van der Waals surface area contributed by atoms with Crippen molar-refractivity contribution in [1.82, 2.24) is 9.55 Å². The summed E-state index contributed by atoms with van der Waals surface area (Å²) in [5.74, 6) is -0.0950.